The van der Waals surface area contributed by atoms with Crippen LogP contribution in [0.25, 0.3) is 0 Å². The Kier molecular flexibility index (Phi) is 1.13. The minimum Gasteiger partial charge on any atom is -0.299 e. The predicted octanol–water partition coefficient (Wildman–Crippen LogP) is 2.40. The molecule has 0 aromatic heterocycles. The largest absolute Gasteiger partial charge is 0.299 e. The van der Waals surface area contributed by atoms with E-state index in [0.717, 1.165) is 19.3 Å². The average molecular weight is 152 g/mol. The van der Waals surface area contributed by atoms with Crippen molar-refractivity contribution in [1.82, 2.24) is 0 Å². The molecule has 0 spiro atoms. The van der Waals surface area contributed by atoms with Crippen LogP contribution in [0.15, 0.2) is 0 Å². The summed E-state index contributed by atoms with van der Waals surface area (Å²) in [6.07, 6.45) is 3.12. The third-order valence-electron chi connectivity index (χ3n) is 3.75. The average Bonchev–Trinajstić information content (AvgIpc) is 2.16. The SMILES string of the molecule is CC1(C)C[C@]2(C)C[C@H]1CC2=O. The summed E-state index contributed by atoms with van der Waals surface area (Å²) in [4.78, 5) is 11.4. The van der Waals surface area contributed by atoms with E-state index in [0.29, 0.717) is 17.1 Å². The van der Waals surface area contributed by atoms with E-state index in [9.17, 15) is 4.79 Å². The molecule has 0 unspecified atom stereocenters. The van der Waals surface area contributed by atoms with E-state index in [4.69, 9.17) is 0 Å². The zero-order valence-corrected chi connectivity index (χ0v) is 7.61. The molecule has 2 aliphatic rings. The van der Waals surface area contributed by atoms with Crippen LogP contribution >= 0.6 is 0 Å². The Balaban J connectivity index is 2.34. The molecule has 0 N–H and O–H groups in total. The first-order chi connectivity index (χ1) is 4.94. The number of carbonyl (C=O) groups excluding carboxylic acids is 1. The first-order valence-electron chi connectivity index (χ1n) is 4.47. The molecule has 0 aromatic rings. The van der Waals surface area contributed by atoms with Gasteiger partial charge in [-0.15, -0.1) is 0 Å². The molecule has 1 nitrogen and oxygen atoms in total. The van der Waals surface area contributed by atoms with Crippen molar-refractivity contribution in [2.24, 2.45) is 16.7 Å². The highest BCUT2D eigenvalue weighted by molar-refractivity contribution is 5.88. The summed E-state index contributed by atoms with van der Waals surface area (Å²) in [5.74, 6) is 1.20. The number of Topliss-reactive ketones (excluding diaryl/α,β-unsaturated/α-hetero) is 1. The van der Waals surface area contributed by atoms with Crippen LogP contribution in [0.1, 0.15) is 40.0 Å². The number of carbonyl (C=O) groups is 1. The fourth-order valence-electron chi connectivity index (χ4n) is 3.07. The van der Waals surface area contributed by atoms with Crippen LogP contribution in [-0.4, -0.2) is 5.78 Å². The van der Waals surface area contributed by atoms with Crippen molar-refractivity contribution < 1.29 is 4.79 Å². The number of hydrogen-bond acceptors (Lipinski definition) is 1. The maximum Gasteiger partial charge on any atom is 0.139 e. The van der Waals surface area contributed by atoms with Crippen LogP contribution < -0.4 is 0 Å². The van der Waals surface area contributed by atoms with Gasteiger partial charge in [-0.3, -0.25) is 4.79 Å². The molecule has 0 aromatic carbocycles. The smallest absolute Gasteiger partial charge is 0.139 e. The van der Waals surface area contributed by atoms with E-state index in [1.807, 2.05) is 0 Å². The van der Waals surface area contributed by atoms with Crippen LogP contribution in [-0.2, 0) is 4.79 Å². The summed E-state index contributed by atoms with van der Waals surface area (Å²) >= 11 is 0. The highest BCUT2D eigenvalue weighted by Gasteiger charge is 2.56. The quantitative estimate of drug-likeness (QED) is 0.521. The molecule has 2 aliphatic carbocycles. The van der Waals surface area contributed by atoms with E-state index in [1.54, 1.807) is 0 Å². The van der Waals surface area contributed by atoms with Crippen molar-refractivity contribution in [3.8, 4) is 0 Å². The van der Waals surface area contributed by atoms with Crippen LogP contribution in [0.4, 0.5) is 0 Å². The van der Waals surface area contributed by atoms with Gasteiger partial charge in [0.15, 0.2) is 0 Å². The van der Waals surface area contributed by atoms with Gasteiger partial charge in [-0.25, -0.2) is 0 Å². The number of ketones is 1. The molecule has 0 saturated heterocycles. The fourth-order valence-corrected chi connectivity index (χ4v) is 3.07. The molecule has 2 rings (SSSR count). The molecule has 2 saturated carbocycles. The van der Waals surface area contributed by atoms with Gasteiger partial charge in [0, 0.05) is 11.8 Å². The van der Waals surface area contributed by atoms with E-state index < -0.39 is 0 Å². The van der Waals surface area contributed by atoms with Gasteiger partial charge in [0.25, 0.3) is 0 Å². The zero-order valence-electron chi connectivity index (χ0n) is 7.61. The van der Waals surface area contributed by atoms with Crippen LogP contribution in [0.5, 0.6) is 0 Å². The van der Waals surface area contributed by atoms with Gasteiger partial charge in [0.05, 0.1) is 0 Å². The Morgan fingerprint density at radius 3 is 2.27 bits per heavy atom. The standard InChI is InChI=1S/C10H16O/c1-9(2)6-10(3)5-7(9)4-8(10)11/h7H,4-6H2,1-3H3/t7-,10+/m1/s1. The molecule has 0 aliphatic heterocycles. The van der Waals surface area contributed by atoms with Crippen molar-refractivity contribution in [2.75, 3.05) is 0 Å². The minimum absolute atomic E-state index is 0.0637. The van der Waals surface area contributed by atoms with Crippen molar-refractivity contribution >= 4 is 5.78 Å². The van der Waals surface area contributed by atoms with E-state index in [2.05, 4.69) is 20.8 Å². The van der Waals surface area contributed by atoms with E-state index in [1.165, 1.54) is 0 Å². The first-order valence-corrected chi connectivity index (χ1v) is 4.47. The molecule has 1 heteroatoms. The van der Waals surface area contributed by atoms with Crippen molar-refractivity contribution in [2.45, 2.75) is 40.0 Å². The molecule has 2 fully saturated rings. The molecule has 62 valence electrons. The van der Waals surface area contributed by atoms with Crippen molar-refractivity contribution in [3.05, 3.63) is 0 Å². The monoisotopic (exact) mass is 152 g/mol. The van der Waals surface area contributed by atoms with Gasteiger partial charge in [0.2, 0.25) is 0 Å². The summed E-state index contributed by atoms with van der Waals surface area (Å²) in [6.45, 7) is 6.74. The maximum absolute atomic E-state index is 11.4. The van der Waals surface area contributed by atoms with Crippen molar-refractivity contribution in [3.63, 3.8) is 0 Å². The summed E-state index contributed by atoms with van der Waals surface area (Å²) < 4.78 is 0. The van der Waals surface area contributed by atoms with E-state index >= 15 is 0 Å². The summed E-state index contributed by atoms with van der Waals surface area (Å²) in [5, 5.41) is 0. The Labute approximate surface area is 68.2 Å². The molecule has 2 bridgehead atoms. The van der Waals surface area contributed by atoms with Crippen molar-refractivity contribution in [1.29, 1.82) is 0 Å². The van der Waals surface area contributed by atoms with E-state index in [-0.39, 0.29) is 5.41 Å². The second kappa shape index (κ2) is 1.70. The predicted molar refractivity (Wildman–Crippen MR) is 44.2 cm³/mol. The minimum atomic E-state index is 0.0637. The topological polar surface area (TPSA) is 17.1 Å². The molecule has 0 amide bonds. The molecule has 0 heterocycles. The molecule has 2 atom stereocenters. The lowest BCUT2D eigenvalue weighted by Gasteiger charge is -2.31. The lowest BCUT2D eigenvalue weighted by molar-refractivity contribution is -0.128. The van der Waals surface area contributed by atoms with Gasteiger partial charge in [-0.1, -0.05) is 20.8 Å². The highest BCUT2D eigenvalue weighted by Crippen LogP contribution is 2.60. The number of rotatable bonds is 0. The zero-order chi connectivity index (χ0) is 8.28. The fraction of sp³-hybridized carbons (Fsp3) is 0.900. The van der Waals surface area contributed by atoms with Gasteiger partial charge >= 0.3 is 0 Å². The lowest BCUT2D eigenvalue weighted by Crippen LogP contribution is -2.29. The maximum atomic E-state index is 11.4. The molecular formula is C10H16O. The number of hydrogen-bond donors (Lipinski definition) is 0. The van der Waals surface area contributed by atoms with Gasteiger partial charge in [0.1, 0.15) is 5.78 Å². The number of fused-ring (bicyclic) bond motifs is 2. The Morgan fingerprint density at radius 2 is 2.00 bits per heavy atom. The Bertz CT molecular complexity index is 217. The summed E-state index contributed by atoms with van der Waals surface area (Å²) in [7, 11) is 0. The first kappa shape index (κ1) is 7.33. The third kappa shape index (κ3) is 0.800. The van der Waals surface area contributed by atoms with Crippen LogP contribution in [0.3, 0.4) is 0 Å². The Hall–Kier alpha value is -0.330. The second-order valence-corrected chi connectivity index (χ2v) is 5.25. The van der Waals surface area contributed by atoms with Gasteiger partial charge < -0.3 is 0 Å². The van der Waals surface area contributed by atoms with Crippen LogP contribution in [0, 0.1) is 16.7 Å². The normalized spacial score (nSPS) is 46.8. The van der Waals surface area contributed by atoms with Gasteiger partial charge in [-0.2, -0.15) is 0 Å². The highest BCUT2D eigenvalue weighted by atomic mass is 16.1. The van der Waals surface area contributed by atoms with Crippen LogP contribution in [0.2, 0.25) is 0 Å². The summed E-state index contributed by atoms with van der Waals surface area (Å²) in [5.41, 5.74) is 0.497. The summed E-state index contributed by atoms with van der Waals surface area (Å²) in [6, 6.07) is 0. The second-order valence-electron chi connectivity index (χ2n) is 5.25. The lowest BCUT2D eigenvalue weighted by atomic mass is 9.72. The van der Waals surface area contributed by atoms with Gasteiger partial charge in [-0.05, 0) is 24.2 Å². The molecule has 0 radical (unpaired) electrons. The molecular weight excluding hydrogens is 136 g/mol. The third-order valence-corrected chi connectivity index (χ3v) is 3.75. The molecule has 11 heavy (non-hydrogen) atoms. The Morgan fingerprint density at radius 1 is 1.36 bits per heavy atom.